The van der Waals surface area contributed by atoms with Gasteiger partial charge >= 0.3 is 93.2 Å². The molecule has 0 saturated carbocycles. The Labute approximate surface area is 125 Å². The summed E-state index contributed by atoms with van der Waals surface area (Å²) >= 11 is 1.89. The average Bonchev–Trinajstić information content (AvgIpc) is 1.83. The van der Waals surface area contributed by atoms with Crippen LogP contribution in [0.5, 0.6) is 0 Å². The Kier molecular flexibility index (Phi) is 19.8. The van der Waals surface area contributed by atoms with Crippen LogP contribution in [0.15, 0.2) is 0 Å². The topological polar surface area (TPSA) is 18.5 Å². The van der Waals surface area contributed by atoms with Gasteiger partial charge in [0.15, 0.2) is 0 Å². The Bertz CT molecular complexity index is 99.8. The van der Waals surface area contributed by atoms with Crippen LogP contribution in [0.2, 0.25) is 28.9 Å². The van der Waals surface area contributed by atoms with Crippen molar-refractivity contribution in [1.29, 1.82) is 0 Å². The quantitative estimate of drug-likeness (QED) is 0.442. The van der Waals surface area contributed by atoms with E-state index in [9.17, 15) is 0 Å². The van der Waals surface area contributed by atoms with Gasteiger partial charge in [-0.15, -0.1) is 0 Å². The molecule has 0 bridgehead atoms. The SMILES string of the molecule is [CH3][Al]([CH3])[O][Al]([CH3])[O][Al]([CH3])[CH3].[I][V][I]. The fourth-order valence-electron chi connectivity index (χ4n) is 0.799. The normalized spacial score (nSPS) is 8.23. The van der Waals surface area contributed by atoms with E-state index in [0.29, 0.717) is 9.47 Å². The molecule has 0 radical (unpaired) electrons. The zero-order chi connectivity index (χ0) is 10.9. The van der Waals surface area contributed by atoms with E-state index in [1.54, 1.807) is 0 Å². The summed E-state index contributed by atoms with van der Waals surface area (Å²) in [5.41, 5.74) is 0. The molecule has 0 aromatic rings. The van der Waals surface area contributed by atoms with Crippen molar-refractivity contribution in [3.63, 3.8) is 0 Å². The Morgan fingerprint density at radius 1 is 0.846 bits per heavy atom. The molecule has 0 aliphatic heterocycles. The van der Waals surface area contributed by atoms with Crippen molar-refractivity contribution in [2.24, 2.45) is 0 Å². The first-order chi connectivity index (χ1) is 5.93. The average molecular weight is 493 g/mol. The van der Waals surface area contributed by atoms with Crippen molar-refractivity contribution in [3.05, 3.63) is 0 Å². The van der Waals surface area contributed by atoms with Crippen molar-refractivity contribution < 1.29 is 15.1 Å². The van der Waals surface area contributed by atoms with Gasteiger partial charge in [-0.25, -0.2) is 0 Å². The predicted molar refractivity (Wildman–Crippen MR) is 76.8 cm³/mol. The number of hydrogen-bond donors (Lipinski definition) is 0. The molecule has 13 heavy (non-hydrogen) atoms. The maximum absolute atomic E-state index is 5.65. The summed E-state index contributed by atoms with van der Waals surface area (Å²) in [7, 11) is 0.628. The second-order valence-electron chi connectivity index (χ2n) is 3.00. The molecule has 0 amide bonds. The van der Waals surface area contributed by atoms with Gasteiger partial charge in [0, 0.05) is 0 Å². The molecule has 0 saturated heterocycles. The summed E-state index contributed by atoms with van der Waals surface area (Å²) in [5, 5.41) is 0. The fraction of sp³-hybridized carbons (Fsp3) is 1.00. The van der Waals surface area contributed by atoms with Crippen LogP contribution >= 0.6 is 40.0 Å². The molecule has 0 N–H and O–H groups in total. The second kappa shape index (κ2) is 13.6. The Morgan fingerprint density at radius 2 is 1.08 bits per heavy atom. The summed E-state index contributed by atoms with van der Waals surface area (Å²) in [4.78, 5) is 0. The summed E-state index contributed by atoms with van der Waals surface area (Å²) in [6.45, 7) is 0. The van der Waals surface area contributed by atoms with Gasteiger partial charge in [-0.05, 0) is 0 Å². The Morgan fingerprint density at radius 3 is 1.23 bits per heavy atom. The van der Waals surface area contributed by atoms with E-state index in [1.807, 2.05) is 0 Å². The molecule has 75 valence electrons. The first-order valence-electron chi connectivity index (χ1n) is 4.17. The van der Waals surface area contributed by atoms with Gasteiger partial charge in [0.25, 0.3) is 0 Å². The van der Waals surface area contributed by atoms with Crippen molar-refractivity contribution >= 4 is 83.7 Å². The molecular weight excluding hydrogens is 478 g/mol. The summed E-state index contributed by atoms with van der Waals surface area (Å²) < 4.78 is 11.3. The van der Waals surface area contributed by atoms with Gasteiger partial charge < -0.3 is 5.68 Å². The zero-order valence-corrected chi connectivity index (χ0v) is 17.9. The summed E-state index contributed by atoms with van der Waals surface area (Å²) in [6.07, 6.45) is 0. The molecule has 0 fully saturated rings. The molecule has 0 aliphatic rings. The maximum atomic E-state index is 5.65. The monoisotopic (exact) mass is 493 g/mol. The van der Waals surface area contributed by atoms with Crippen molar-refractivity contribution in [2.45, 2.75) is 28.9 Å². The molecule has 0 spiro atoms. The van der Waals surface area contributed by atoms with Crippen LogP contribution in [-0.4, -0.2) is 43.8 Å². The summed E-state index contributed by atoms with van der Waals surface area (Å²) in [5.74, 6) is 10.9. The second-order valence-corrected chi connectivity index (χ2v) is 22.3. The van der Waals surface area contributed by atoms with Gasteiger partial charge in [-0.3, -0.25) is 0 Å². The standard InChI is InChI=1S/5CH3.3Al.2HI.2O.V/h5*1H3;;;;2*1H;;;/q;;;;;;;;;;;;+2/p-2. The van der Waals surface area contributed by atoms with Crippen LogP contribution in [-0.2, 0) is 15.1 Å². The first kappa shape index (κ1) is 18.9. The molecule has 8 heteroatoms. The predicted octanol–water partition coefficient (Wildman–Crippen LogP) is 3.41. The number of halogens is 2. The number of rotatable bonds is 4. The van der Waals surface area contributed by atoms with Crippen LogP contribution in [0.3, 0.4) is 0 Å². The third kappa shape index (κ3) is 21.4. The molecule has 0 rings (SSSR count). The van der Waals surface area contributed by atoms with Crippen LogP contribution in [0.4, 0.5) is 0 Å². The van der Waals surface area contributed by atoms with E-state index in [1.165, 1.54) is 0 Å². The molecule has 0 aliphatic carbocycles. The van der Waals surface area contributed by atoms with Crippen molar-refractivity contribution in [2.75, 3.05) is 0 Å². The molecule has 0 unspecified atom stereocenters. The van der Waals surface area contributed by atoms with Gasteiger partial charge in [-0.1, -0.05) is 28.9 Å². The van der Waals surface area contributed by atoms with E-state index in [4.69, 9.17) is 5.68 Å². The molecule has 0 aromatic carbocycles. The van der Waals surface area contributed by atoms with E-state index in [-0.39, 0.29) is 0 Å². The third-order valence-electron chi connectivity index (χ3n) is 0.928. The van der Waals surface area contributed by atoms with E-state index in [2.05, 4.69) is 68.9 Å². The van der Waals surface area contributed by atoms with Crippen molar-refractivity contribution in [1.82, 2.24) is 0 Å². The third-order valence-corrected chi connectivity index (χ3v) is 8.35. The minimum atomic E-state index is -1.19. The molecule has 0 heterocycles. The minimum absolute atomic E-state index is 0.628. The van der Waals surface area contributed by atoms with Crippen LogP contribution in [0.25, 0.3) is 0 Å². The van der Waals surface area contributed by atoms with Gasteiger partial charge in [0.05, 0.1) is 0 Å². The first-order valence-corrected chi connectivity index (χ1v) is 20.8. The van der Waals surface area contributed by atoms with Crippen LogP contribution in [0, 0.1) is 0 Å². The number of hydrogen-bond acceptors (Lipinski definition) is 2. The van der Waals surface area contributed by atoms with Crippen molar-refractivity contribution in [3.8, 4) is 0 Å². The molecule has 0 atom stereocenters. The Hall–Kier alpha value is 3.56. The van der Waals surface area contributed by atoms with Gasteiger partial charge in [-0.2, -0.15) is 0 Å². The summed E-state index contributed by atoms with van der Waals surface area (Å²) in [6, 6.07) is 0. The van der Waals surface area contributed by atoms with Crippen LogP contribution < -0.4 is 0 Å². The van der Waals surface area contributed by atoms with Crippen LogP contribution in [0.1, 0.15) is 0 Å². The Balaban J connectivity index is 0. The molecule has 0 aromatic heterocycles. The van der Waals surface area contributed by atoms with Gasteiger partial charge in [0.2, 0.25) is 0 Å². The molecular formula is C5H15Al3I2O2V. The molecule has 2 nitrogen and oxygen atoms in total. The van der Waals surface area contributed by atoms with E-state index < -0.39 is 43.8 Å². The van der Waals surface area contributed by atoms with E-state index in [0.717, 1.165) is 0 Å². The van der Waals surface area contributed by atoms with E-state index >= 15 is 0 Å². The van der Waals surface area contributed by atoms with Gasteiger partial charge in [0.1, 0.15) is 0 Å². The fourth-order valence-corrected chi connectivity index (χ4v) is 7.77. The zero-order valence-electron chi connectivity index (χ0n) is 8.75.